The largest absolute Gasteiger partial charge is 0.325 e. The lowest BCUT2D eigenvalue weighted by Crippen LogP contribution is -2.18. The summed E-state index contributed by atoms with van der Waals surface area (Å²) >= 11 is 2.71. The third kappa shape index (κ3) is 3.76. The first-order chi connectivity index (χ1) is 12.7. The Labute approximate surface area is 159 Å². The minimum Gasteiger partial charge on any atom is -0.325 e. The number of nitrogens with one attached hydrogen (secondary N) is 1. The van der Waals surface area contributed by atoms with Crippen LogP contribution in [-0.2, 0) is 9.59 Å². The van der Waals surface area contributed by atoms with Crippen LogP contribution in [0.5, 0.6) is 0 Å². The van der Waals surface area contributed by atoms with E-state index in [1.54, 1.807) is 5.01 Å². The van der Waals surface area contributed by atoms with Gasteiger partial charge in [-0.3, -0.25) is 9.59 Å². The number of thioether (sulfide) groups is 2. The summed E-state index contributed by atoms with van der Waals surface area (Å²) in [6.45, 7) is 0.684. The van der Waals surface area contributed by atoms with Crippen LogP contribution in [-0.4, -0.2) is 38.7 Å². The van der Waals surface area contributed by atoms with E-state index in [0.717, 1.165) is 27.3 Å². The molecule has 26 heavy (non-hydrogen) atoms. The number of carbonyl (C=O) groups is 2. The maximum absolute atomic E-state index is 12.3. The molecule has 0 atom stereocenters. The van der Waals surface area contributed by atoms with E-state index in [0.29, 0.717) is 18.1 Å². The van der Waals surface area contributed by atoms with Crippen LogP contribution in [0.25, 0.3) is 10.8 Å². The first-order valence-corrected chi connectivity index (χ1v) is 10.1. The summed E-state index contributed by atoms with van der Waals surface area (Å²) in [6.07, 6.45) is 1.21. The fourth-order valence-electron chi connectivity index (χ4n) is 2.77. The number of hydrazone groups is 1. The molecule has 2 heterocycles. The lowest BCUT2D eigenvalue weighted by molar-refractivity contribution is -0.117. The maximum Gasteiger partial charge on any atom is 0.248 e. The number of nitrogens with zero attached hydrogens (tertiary/aromatic N) is 3. The first-order valence-electron chi connectivity index (χ1n) is 8.25. The number of fused-ring (bicyclic) bond motifs is 2. The molecule has 6 nitrogen and oxygen atoms in total. The van der Waals surface area contributed by atoms with Crippen molar-refractivity contribution in [1.29, 1.82) is 0 Å². The van der Waals surface area contributed by atoms with Crippen LogP contribution in [0.4, 0.5) is 5.69 Å². The van der Waals surface area contributed by atoms with Gasteiger partial charge in [-0.05, 0) is 29.6 Å². The summed E-state index contributed by atoms with van der Waals surface area (Å²) in [4.78, 5) is 28.0. The number of amides is 2. The SMILES string of the molecule is O=C1CCCN2N=C(SCC(=O)Nc3cccc4ccccc34)SC2=N1. The third-order valence-corrected chi connectivity index (χ3v) is 6.05. The minimum absolute atomic E-state index is 0.0882. The van der Waals surface area contributed by atoms with Crippen LogP contribution in [0.15, 0.2) is 52.6 Å². The van der Waals surface area contributed by atoms with Gasteiger partial charge in [0, 0.05) is 24.0 Å². The van der Waals surface area contributed by atoms with E-state index in [-0.39, 0.29) is 17.6 Å². The molecule has 0 saturated carbocycles. The highest BCUT2D eigenvalue weighted by Gasteiger charge is 2.27. The lowest BCUT2D eigenvalue weighted by Gasteiger charge is -2.09. The predicted molar refractivity (Wildman–Crippen MR) is 108 cm³/mol. The van der Waals surface area contributed by atoms with Crippen molar-refractivity contribution in [3.05, 3.63) is 42.5 Å². The van der Waals surface area contributed by atoms with E-state index in [1.807, 2.05) is 42.5 Å². The highest BCUT2D eigenvalue weighted by atomic mass is 32.2. The van der Waals surface area contributed by atoms with Gasteiger partial charge < -0.3 is 5.32 Å². The third-order valence-electron chi connectivity index (χ3n) is 3.97. The number of hydrogen-bond acceptors (Lipinski definition) is 6. The van der Waals surface area contributed by atoms with Crippen molar-refractivity contribution in [2.24, 2.45) is 10.1 Å². The van der Waals surface area contributed by atoms with Gasteiger partial charge in [-0.2, -0.15) is 10.1 Å². The fraction of sp³-hybridized carbons (Fsp3) is 0.222. The van der Waals surface area contributed by atoms with Gasteiger partial charge in [-0.25, -0.2) is 5.01 Å². The Kier molecular flexibility index (Phi) is 4.94. The second-order valence-electron chi connectivity index (χ2n) is 5.85. The van der Waals surface area contributed by atoms with Gasteiger partial charge >= 0.3 is 0 Å². The summed E-state index contributed by atoms with van der Waals surface area (Å²) in [7, 11) is 0. The molecule has 1 N–H and O–H groups in total. The van der Waals surface area contributed by atoms with Gasteiger partial charge in [-0.1, -0.05) is 48.2 Å². The molecule has 0 fully saturated rings. The molecule has 2 amide bonds. The molecule has 132 valence electrons. The van der Waals surface area contributed by atoms with Gasteiger partial charge in [0.1, 0.15) is 0 Å². The van der Waals surface area contributed by atoms with Crippen LogP contribution in [0.3, 0.4) is 0 Å². The van der Waals surface area contributed by atoms with Gasteiger partial charge in [0.25, 0.3) is 0 Å². The molecule has 0 saturated heterocycles. The molecule has 2 aromatic rings. The van der Waals surface area contributed by atoms with Crippen molar-refractivity contribution in [1.82, 2.24) is 5.01 Å². The van der Waals surface area contributed by atoms with Crippen molar-refractivity contribution < 1.29 is 9.59 Å². The Hall–Kier alpha value is -2.32. The summed E-state index contributed by atoms with van der Waals surface area (Å²) in [5.41, 5.74) is 0.804. The van der Waals surface area contributed by atoms with E-state index in [1.165, 1.54) is 23.5 Å². The van der Waals surface area contributed by atoms with Crippen LogP contribution in [0, 0.1) is 0 Å². The smallest absolute Gasteiger partial charge is 0.248 e. The van der Waals surface area contributed by atoms with Crippen LogP contribution in [0.1, 0.15) is 12.8 Å². The predicted octanol–water partition coefficient (Wildman–Crippen LogP) is 3.51. The normalized spacial score (nSPS) is 16.8. The molecule has 0 spiro atoms. The summed E-state index contributed by atoms with van der Waals surface area (Å²) in [5.74, 6) is 0.0596. The van der Waals surface area contributed by atoms with E-state index in [4.69, 9.17) is 0 Å². The molecule has 0 radical (unpaired) electrons. The average molecular weight is 384 g/mol. The minimum atomic E-state index is -0.106. The summed E-state index contributed by atoms with van der Waals surface area (Å²) < 4.78 is 0.742. The highest BCUT2D eigenvalue weighted by Crippen LogP contribution is 2.30. The quantitative estimate of drug-likeness (QED) is 0.877. The molecule has 8 heteroatoms. The molecular formula is C18H16N4O2S2. The zero-order valence-electron chi connectivity index (χ0n) is 13.8. The zero-order valence-corrected chi connectivity index (χ0v) is 15.5. The number of benzene rings is 2. The Morgan fingerprint density at radius 1 is 1.23 bits per heavy atom. The molecule has 2 aromatic carbocycles. The zero-order chi connectivity index (χ0) is 17.9. The van der Waals surface area contributed by atoms with Gasteiger partial charge in [-0.15, -0.1) is 0 Å². The van der Waals surface area contributed by atoms with Gasteiger partial charge in [0.2, 0.25) is 11.8 Å². The maximum atomic E-state index is 12.3. The first kappa shape index (κ1) is 17.1. The van der Waals surface area contributed by atoms with E-state index in [9.17, 15) is 9.59 Å². The number of amidine groups is 1. The number of hydrogen-bond donors (Lipinski definition) is 1. The monoisotopic (exact) mass is 384 g/mol. The van der Waals surface area contributed by atoms with Crippen LogP contribution >= 0.6 is 23.5 Å². The highest BCUT2D eigenvalue weighted by molar-refractivity contribution is 8.45. The Bertz CT molecular complexity index is 936. The second kappa shape index (κ2) is 7.51. The Morgan fingerprint density at radius 3 is 3.00 bits per heavy atom. The number of anilines is 1. The average Bonchev–Trinajstić information content (AvgIpc) is 2.93. The molecule has 2 aliphatic rings. The van der Waals surface area contributed by atoms with Crippen molar-refractivity contribution in [2.45, 2.75) is 12.8 Å². The number of carbonyl (C=O) groups excluding carboxylic acids is 2. The molecule has 2 aliphatic heterocycles. The molecular weight excluding hydrogens is 368 g/mol. The Morgan fingerprint density at radius 2 is 2.08 bits per heavy atom. The fourth-order valence-corrected chi connectivity index (χ4v) is 4.57. The molecule has 0 aliphatic carbocycles. The molecule has 0 bridgehead atoms. The molecule has 0 unspecified atom stereocenters. The van der Waals surface area contributed by atoms with Crippen LogP contribution in [0.2, 0.25) is 0 Å². The van der Waals surface area contributed by atoms with E-state index >= 15 is 0 Å². The molecule has 0 aromatic heterocycles. The topological polar surface area (TPSA) is 74.1 Å². The van der Waals surface area contributed by atoms with Crippen LogP contribution < -0.4 is 5.32 Å². The van der Waals surface area contributed by atoms with Crippen molar-refractivity contribution in [2.75, 3.05) is 17.6 Å². The summed E-state index contributed by atoms with van der Waals surface area (Å²) in [5, 5.41) is 11.9. The molecule has 4 rings (SSSR count). The lowest BCUT2D eigenvalue weighted by atomic mass is 10.1. The Balaban J connectivity index is 1.38. The standard InChI is InChI=1S/C18H16N4O2S2/c23-15-9-4-10-22-17(20-15)26-18(21-22)25-11-16(24)19-14-8-3-6-12-5-1-2-7-13(12)14/h1-3,5-8H,4,9-11H2,(H,19,24). The van der Waals surface area contributed by atoms with Crippen molar-refractivity contribution in [3.8, 4) is 0 Å². The second-order valence-corrected chi connectivity index (χ2v) is 8.02. The van der Waals surface area contributed by atoms with E-state index < -0.39 is 0 Å². The van der Waals surface area contributed by atoms with Gasteiger partial charge in [0.15, 0.2) is 9.54 Å². The number of aliphatic imine (C=N–C) groups is 1. The van der Waals surface area contributed by atoms with Crippen molar-refractivity contribution in [3.63, 3.8) is 0 Å². The van der Waals surface area contributed by atoms with Gasteiger partial charge in [0.05, 0.1) is 5.75 Å². The van der Waals surface area contributed by atoms with Crippen molar-refractivity contribution >= 4 is 61.3 Å². The van der Waals surface area contributed by atoms with E-state index in [2.05, 4.69) is 15.4 Å². The summed E-state index contributed by atoms with van der Waals surface area (Å²) in [6, 6.07) is 13.8. The number of rotatable bonds is 3.